The molecule has 0 atom stereocenters. The topological polar surface area (TPSA) is 94.1 Å². The molecule has 0 aliphatic rings. The molecule has 4 aromatic rings. The normalized spacial score (nSPS) is 10.7. The van der Waals surface area contributed by atoms with E-state index < -0.39 is 17.8 Å². The first kappa shape index (κ1) is 27.1. The highest BCUT2D eigenvalue weighted by molar-refractivity contribution is 9.10. The summed E-state index contributed by atoms with van der Waals surface area (Å²) in [7, 11) is 0. The fraction of sp³-hybridized carbons (Fsp3) is 0. The van der Waals surface area contributed by atoms with E-state index in [-0.39, 0.29) is 22.6 Å². The smallest absolute Gasteiger partial charge is 0.343 e. The molecule has 0 saturated heterocycles. The van der Waals surface area contributed by atoms with Gasteiger partial charge < -0.3 is 9.47 Å². The first-order valence-electron chi connectivity index (χ1n) is 11.0. The molecule has 0 saturated carbocycles. The van der Waals surface area contributed by atoms with Crippen LogP contribution in [0.15, 0.2) is 101 Å². The summed E-state index contributed by atoms with van der Waals surface area (Å²) >= 11 is 15.1. The third-order valence-electron chi connectivity index (χ3n) is 5.01. The molecule has 190 valence electrons. The molecule has 4 rings (SSSR count). The Balaban J connectivity index is 1.56. The zero-order chi connectivity index (χ0) is 27.1. The van der Waals surface area contributed by atoms with Crippen molar-refractivity contribution >= 4 is 63.2 Å². The van der Waals surface area contributed by atoms with Crippen LogP contribution in [-0.4, -0.2) is 24.1 Å². The van der Waals surface area contributed by atoms with E-state index in [2.05, 4.69) is 26.5 Å². The number of amides is 1. The number of carbonyl (C=O) groups is 3. The number of nitrogens with zero attached hydrogens (tertiary/aromatic N) is 1. The molecule has 0 heterocycles. The molecule has 38 heavy (non-hydrogen) atoms. The molecule has 0 radical (unpaired) electrons. The van der Waals surface area contributed by atoms with Crippen LogP contribution in [0.4, 0.5) is 0 Å². The third-order valence-corrected chi connectivity index (χ3v) is 6.01. The number of esters is 2. The van der Waals surface area contributed by atoms with Gasteiger partial charge >= 0.3 is 11.9 Å². The van der Waals surface area contributed by atoms with Crippen LogP contribution in [0.2, 0.25) is 10.0 Å². The Hall–Kier alpha value is -3.98. The van der Waals surface area contributed by atoms with Crippen molar-refractivity contribution in [2.45, 2.75) is 0 Å². The van der Waals surface area contributed by atoms with E-state index in [1.807, 2.05) is 0 Å². The average Bonchev–Trinajstić information content (AvgIpc) is 2.90. The minimum absolute atomic E-state index is 0.0480. The number of hydrazone groups is 1. The number of rotatable bonds is 7. The molecule has 0 unspecified atom stereocenters. The standard InChI is InChI=1S/C28H17BrCl2N2O5/c29-21-3-1-2-19(14-21)26(34)33-32-16-20-8-13-24(37-27(35)17-4-9-22(30)10-5-17)15-25(20)38-28(36)18-6-11-23(31)12-7-18/h1-16H,(H,33,34)/b32-16+. The van der Waals surface area contributed by atoms with Crippen LogP contribution in [0.25, 0.3) is 0 Å². The fourth-order valence-corrected chi connectivity index (χ4v) is 3.78. The molecule has 0 aliphatic heterocycles. The van der Waals surface area contributed by atoms with Gasteiger partial charge in [-0.15, -0.1) is 0 Å². The van der Waals surface area contributed by atoms with E-state index in [4.69, 9.17) is 32.7 Å². The Bertz CT molecular complexity index is 1520. The first-order chi connectivity index (χ1) is 18.3. The highest BCUT2D eigenvalue weighted by atomic mass is 79.9. The number of benzene rings is 4. The van der Waals surface area contributed by atoms with Crippen molar-refractivity contribution < 1.29 is 23.9 Å². The van der Waals surface area contributed by atoms with Gasteiger partial charge in [-0.05, 0) is 78.9 Å². The largest absolute Gasteiger partial charge is 0.423 e. The predicted molar refractivity (Wildman–Crippen MR) is 148 cm³/mol. The highest BCUT2D eigenvalue weighted by Gasteiger charge is 2.15. The molecule has 0 aromatic heterocycles. The van der Waals surface area contributed by atoms with Crippen molar-refractivity contribution in [2.75, 3.05) is 0 Å². The van der Waals surface area contributed by atoms with E-state index in [1.165, 1.54) is 48.7 Å². The van der Waals surface area contributed by atoms with Crippen molar-refractivity contribution in [1.29, 1.82) is 0 Å². The summed E-state index contributed by atoms with van der Waals surface area (Å²) in [6.45, 7) is 0. The van der Waals surface area contributed by atoms with Gasteiger partial charge in [0.25, 0.3) is 5.91 Å². The quantitative estimate of drug-likeness (QED) is 0.106. The molecular formula is C28H17BrCl2N2O5. The summed E-state index contributed by atoms with van der Waals surface area (Å²) < 4.78 is 11.8. The lowest BCUT2D eigenvalue weighted by Gasteiger charge is -2.11. The minimum atomic E-state index is -0.671. The maximum Gasteiger partial charge on any atom is 0.343 e. The SMILES string of the molecule is O=C(N/N=C/c1ccc(OC(=O)c2ccc(Cl)cc2)cc1OC(=O)c1ccc(Cl)cc1)c1cccc(Br)c1. The van der Waals surface area contributed by atoms with E-state index >= 15 is 0 Å². The maximum absolute atomic E-state index is 12.8. The molecule has 1 amide bonds. The lowest BCUT2D eigenvalue weighted by atomic mass is 10.2. The Labute approximate surface area is 236 Å². The maximum atomic E-state index is 12.8. The number of hydrogen-bond donors (Lipinski definition) is 1. The fourth-order valence-electron chi connectivity index (χ4n) is 3.12. The number of carbonyl (C=O) groups excluding carboxylic acids is 3. The molecule has 1 N–H and O–H groups in total. The van der Waals surface area contributed by atoms with E-state index in [0.29, 0.717) is 21.2 Å². The zero-order valence-electron chi connectivity index (χ0n) is 19.4. The van der Waals surface area contributed by atoms with Crippen LogP contribution in [0.1, 0.15) is 36.6 Å². The van der Waals surface area contributed by atoms with Crippen LogP contribution in [0.3, 0.4) is 0 Å². The van der Waals surface area contributed by atoms with Gasteiger partial charge in [0, 0.05) is 31.7 Å². The van der Waals surface area contributed by atoms with Crippen LogP contribution >= 0.6 is 39.1 Å². The molecule has 0 spiro atoms. The molecule has 0 fully saturated rings. The summed E-state index contributed by atoms with van der Waals surface area (Å²) in [4.78, 5) is 37.7. The van der Waals surface area contributed by atoms with Crippen molar-refractivity contribution in [3.05, 3.63) is 128 Å². The first-order valence-corrected chi connectivity index (χ1v) is 12.5. The molecule has 10 heteroatoms. The van der Waals surface area contributed by atoms with Gasteiger partial charge in [-0.3, -0.25) is 4.79 Å². The van der Waals surface area contributed by atoms with Gasteiger partial charge in [0.05, 0.1) is 17.3 Å². The van der Waals surface area contributed by atoms with Crippen molar-refractivity contribution in [3.63, 3.8) is 0 Å². The van der Waals surface area contributed by atoms with E-state index in [1.54, 1.807) is 48.5 Å². The Morgan fingerprint density at radius 1 is 0.737 bits per heavy atom. The lowest BCUT2D eigenvalue weighted by Crippen LogP contribution is -2.17. The Morgan fingerprint density at radius 3 is 1.95 bits per heavy atom. The molecular weight excluding hydrogens is 595 g/mol. The van der Waals surface area contributed by atoms with Gasteiger partial charge in [-0.2, -0.15) is 5.10 Å². The van der Waals surface area contributed by atoms with Gasteiger partial charge in [0.1, 0.15) is 11.5 Å². The van der Waals surface area contributed by atoms with Crippen LogP contribution in [0.5, 0.6) is 11.5 Å². The average molecular weight is 612 g/mol. The van der Waals surface area contributed by atoms with E-state index in [0.717, 1.165) is 4.47 Å². The molecule has 7 nitrogen and oxygen atoms in total. The van der Waals surface area contributed by atoms with Crippen LogP contribution < -0.4 is 14.9 Å². The highest BCUT2D eigenvalue weighted by Crippen LogP contribution is 2.26. The summed E-state index contributed by atoms with van der Waals surface area (Å²) in [5.41, 5.74) is 3.70. The minimum Gasteiger partial charge on any atom is -0.423 e. The second-order valence-corrected chi connectivity index (χ2v) is 9.49. The molecule has 0 aliphatic carbocycles. The number of nitrogens with one attached hydrogen (secondary N) is 1. The van der Waals surface area contributed by atoms with Gasteiger partial charge in [-0.25, -0.2) is 15.0 Å². The monoisotopic (exact) mass is 610 g/mol. The number of halogens is 3. The summed E-state index contributed by atoms with van der Waals surface area (Å²) in [5, 5.41) is 4.92. The zero-order valence-corrected chi connectivity index (χ0v) is 22.5. The molecule has 4 aromatic carbocycles. The second-order valence-electron chi connectivity index (χ2n) is 7.70. The van der Waals surface area contributed by atoms with E-state index in [9.17, 15) is 14.4 Å². The summed E-state index contributed by atoms with van der Waals surface area (Å²) in [6.07, 6.45) is 1.31. The number of hydrogen-bond acceptors (Lipinski definition) is 6. The predicted octanol–water partition coefficient (Wildman–Crippen LogP) is 6.96. The van der Waals surface area contributed by atoms with Crippen molar-refractivity contribution in [3.8, 4) is 11.5 Å². The van der Waals surface area contributed by atoms with Gasteiger partial charge in [0.15, 0.2) is 0 Å². The van der Waals surface area contributed by atoms with Crippen molar-refractivity contribution in [2.24, 2.45) is 5.10 Å². The third kappa shape index (κ3) is 7.29. The molecule has 0 bridgehead atoms. The second kappa shape index (κ2) is 12.5. The van der Waals surface area contributed by atoms with Gasteiger partial charge in [-0.1, -0.05) is 45.2 Å². The lowest BCUT2D eigenvalue weighted by molar-refractivity contribution is 0.0732. The van der Waals surface area contributed by atoms with Crippen LogP contribution in [0, 0.1) is 0 Å². The Morgan fingerprint density at radius 2 is 1.34 bits per heavy atom. The van der Waals surface area contributed by atoms with Crippen molar-refractivity contribution in [1.82, 2.24) is 5.43 Å². The summed E-state index contributed by atoms with van der Waals surface area (Å²) in [5.74, 6) is -1.56. The Kier molecular flexibility index (Phi) is 8.91. The summed E-state index contributed by atoms with van der Waals surface area (Å²) in [6, 6.07) is 23.6. The number of ether oxygens (including phenoxy) is 2. The van der Waals surface area contributed by atoms with Gasteiger partial charge in [0.2, 0.25) is 0 Å². The van der Waals surface area contributed by atoms with Crippen LogP contribution in [-0.2, 0) is 0 Å².